The third-order valence-corrected chi connectivity index (χ3v) is 10.2. The summed E-state index contributed by atoms with van der Waals surface area (Å²) in [7, 11) is 2.69. The van der Waals surface area contributed by atoms with Crippen LogP contribution in [-0.2, 0) is 16.7 Å². The molecule has 0 unspecified atom stereocenters. The van der Waals surface area contributed by atoms with Gasteiger partial charge in [0.05, 0.1) is 49.5 Å². The Morgan fingerprint density at radius 3 is 2.61 bits per heavy atom. The van der Waals surface area contributed by atoms with Gasteiger partial charge in [-0.2, -0.15) is 13.0 Å². The first-order valence-electron chi connectivity index (χ1n) is 13.9. The van der Waals surface area contributed by atoms with E-state index in [2.05, 4.69) is 99.1 Å². The van der Waals surface area contributed by atoms with E-state index in [0.29, 0.717) is 13.0 Å². The molecule has 6 nitrogen and oxygen atoms in total. The van der Waals surface area contributed by atoms with Crippen molar-refractivity contribution in [1.82, 2.24) is 0 Å². The second-order valence-electron chi connectivity index (χ2n) is 11.8. The predicted octanol–water partition coefficient (Wildman–Crippen LogP) is 6.88. The first-order valence-corrected chi connectivity index (χ1v) is 17.2. The Labute approximate surface area is 251 Å². The molecule has 0 atom stereocenters. The molecule has 0 spiro atoms. The van der Waals surface area contributed by atoms with E-state index in [4.69, 9.17) is 0 Å². The maximum atomic E-state index is 11.5. The largest absolute Gasteiger partial charge is 0.335 e. The second kappa shape index (κ2) is 11.9. The number of aromatic nitrogens is 1. The van der Waals surface area contributed by atoms with Crippen molar-refractivity contribution in [2.75, 3.05) is 44.9 Å². The third kappa shape index (κ3) is 7.21. The smallest absolute Gasteiger partial charge is 0.265 e. The van der Waals surface area contributed by atoms with Gasteiger partial charge < -0.3 is 9.38 Å². The summed E-state index contributed by atoms with van der Waals surface area (Å²) in [6, 6.07) is 19.3. The van der Waals surface area contributed by atoms with Crippen LogP contribution in [0.3, 0.4) is 0 Å². The number of allylic oxidation sites excluding steroid dienone is 2. The van der Waals surface area contributed by atoms with Gasteiger partial charge in [0.15, 0.2) is 6.54 Å². The van der Waals surface area contributed by atoms with Gasteiger partial charge in [0.2, 0.25) is 5.52 Å². The van der Waals surface area contributed by atoms with E-state index in [9.17, 15) is 13.0 Å². The first-order chi connectivity index (χ1) is 19.4. The average Bonchev–Trinajstić information content (AvgIpc) is 3.40. The van der Waals surface area contributed by atoms with Gasteiger partial charge in [0, 0.05) is 30.4 Å². The van der Waals surface area contributed by atoms with E-state index in [0.717, 1.165) is 55.6 Å². The lowest BCUT2D eigenvalue weighted by molar-refractivity contribution is -0.870. The van der Waals surface area contributed by atoms with Crippen LogP contribution in [0.4, 0.5) is 5.69 Å². The topological polar surface area (TPSA) is 61.5 Å². The molecule has 0 saturated carbocycles. The Bertz CT molecular complexity index is 1770. The highest BCUT2D eigenvalue weighted by molar-refractivity contribution is 8.03. The zero-order valence-corrected chi connectivity index (χ0v) is 26.9. The Morgan fingerprint density at radius 1 is 1.07 bits per heavy atom. The van der Waals surface area contributed by atoms with Crippen molar-refractivity contribution in [1.29, 1.82) is 0 Å². The molecule has 41 heavy (non-hydrogen) atoms. The number of hydrogen-bond acceptors (Lipinski definition) is 5. The summed E-state index contributed by atoms with van der Waals surface area (Å²) in [4.78, 5) is 3.74. The van der Waals surface area contributed by atoms with Gasteiger partial charge in [-0.15, -0.1) is 0 Å². The summed E-state index contributed by atoms with van der Waals surface area (Å²) < 4.78 is 36.7. The van der Waals surface area contributed by atoms with Crippen molar-refractivity contribution in [3.05, 3.63) is 81.8 Å². The van der Waals surface area contributed by atoms with Gasteiger partial charge in [-0.25, -0.2) is 0 Å². The number of rotatable bonds is 10. The number of thioether (sulfide) groups is 1. The number of quaternary nitrogens is 1. The van der Waals surface area contributed by atoms with Crippen LogP contribution in [0.15, 0.2) is 76.2 Å². The normalized spacial score (nSPS) is 15.4. The highest BCUT2D eigenvalue weighted by Gasteiger charge is 2.26. The summed E-state index contributed by atoms with van der Waals surface area (Å²) in [6.07, 6.45) is 5.91. The van der Waals surface area contributed by atoms with Crippen LogP contribution in [0.5, 0.6) is 0 Å². The third-order valence-electron chi connectivity index (χ3n) is 7.20. The van der Waals surface area contributed by atoms with Crippen molar-refractivity contribution < 1.29 is 22.0 Å². The fourth-order valence-corrected chi connectivity index (χ4v) is 8.18. The lowest BCUT2D eigenvalue weighted by atomic mass is 10.1. The van der Waals surface area contributed by atoms with Gasteiger partial charge in [0.1, 0.15) is 4.70 Å². The van der Waals surface area contributed by atoms with E-state index in [-0.39, 0.29) is 5.75 Å². The number of anilines is 1. The lowest BCUT2D eigenvalue weighted by Crippen LogP contribution is -2.37. The van der Waals surface area contributed by atoms with Gasteiger partial charge in [-0.1, -0.05) is 53.4 Å². The van der Waals surface area contributed by atoms with E-state index < -0.39 is 10.1 Å². The van der Waals surface area contributed by atoms with E-state index in [1.165, 1.54) is 21.2 Å². The minimum atomic E-state index is -4.02. The molecule has 216 valence electrons. The molecule has 1 aliphatic heterocycles. The lowest BCUT2D eigenvalue weighted by Gasteiger charge is -2.26. The van der Waals surface area contributed by atoms with Crippen LogP contribution in [0.2, 0.25) is 0 Å². The van der Waals surface area contributed by atoms with Crippen LogP contribution in [0, 0.1) is 6.92 Å². The number of benzene rings is 3. The quantitative estimate of drug-likeness (QED) is 0.121. The molecule has 0 fully saturated rings. The molecule has 0 aliphatic carbocycles. The maximum Gasteiger partial charge on any atom is 0.265 e. The Morgan fingerprint density at radius 2 is 1.85 bits per heavy atom. The predicted molar refractivity (Wildman–Crippen MR) is 174 cm³/mol. The van der Waals surface area contributed by atoms with Gasteiger partial charge in [-0.05, 0) is 60.7 Å². The van der Waals surface area contributed by atoms with E-state index in [1.54, 1.807) is 11.3 Å². The number of fused-ring (bicyclic) bond motifs is 4. The SMILES string of the molecule is CC(=C/c1sc2ccc3ccccc3c2[n+]1CCCS(=O)(=O)O)/C=C1/Sc2ccc(C)cc2N1CCC[N+](C)(C)C. The van der Waals surface area contributed by atoms with Crippen LogP contribution in [0.25, 0.3) is 27.1 Å². The molecule has 4 aromatic rings. The number of nitrogens with zero attached hydrogens (tertiary/aromatic N) is 3. The molecule has 5 rings (SSSR count). The standard InChI is InChI=1S/C32H38N3O3S3/c1-23-12-14-28-27(20-23)33(16-8-18-35(3,4)5)30(39-28)21-24(2)22-31-34(17-9-19-41(36,37)38)32-26-11-7-6-10-25(26)13-15-29(32)40-31/h6-7,10-15,20-22H,8-9,16-19H2,1-5H3/q+1/p+1. The average molecular weight is 610 g/mol. The highest BCUT2D eigenvalue weighted by Crippen LogP contribution is 2.47. The molecular formula is C32H39N3O3S3+2. The van der Waals surface area contributed by atoms with E-state index in [1.807, 2.05) is 23.9 Å². The minimum absolute atomic E-state index is 0.259. The fraction of sp³-hybridized carbons (Fsp3) is 0.344. The Balaban J connectivity index is 1.52. The van der Waals surface area contributed by atoms with Crippen LogP contribution < -0.4 is 9.47 Å². The molecule has 2 heterocycles. The van der Waals surface area contributed by atoms with Crippen molar-refractivity contribution in [2.24, 2.45) is 0 Å². The van der Waals surface area contributed by atoms with Gasteiger partial charge in [0.25, 0.3) is 15.1 Å². The van der Waals surface area contributed by atoms with Crippen molar-refractivity contribution >= 4 is 66.0 Å². The minimum Gasteiger partial charge on any atom is -0.335 e. The molecule has 1 N–H and O–H groups in total. The first kappa shape index (κ1) is 29.8. The van der Waals surface area contributed by atoms with Crippen molar-refractivity contribution in [3.8, 4) is 0 Å². The van der Waals surface area contributed by atoms with Crippen molar-refractivity contribution in [2.45, 2.75) is 38.1 Å². The van der Waals surface area contributed by atoms with Gasteiger partial charge in [-0.3, -0.25) is 4.55 Å². The van der Waals surface area contributed by atoms with Crippen LogP contribution >= 0.6 is 23.1 Å². The highest BCUT2D eigenvalue weighted by atomic mass is 32.2. The van der Waals surface area contributed by atoms with Crippen molar-refractivity contribution in [3.63, 3.8) is 0 Å². The zero-order chi connectivity index (χ0) is 29.4. The number of aryl methyl sites for hydroxylation is 2. The molecule has 1 aliphatic rings. The second-order valence-corrected chi connectivity index (χ2v) is 15.5. The van der Waals surface area contributed by atoms with Gasteiger partial charge >= 0.3 is 0 Å². The molecule has 0 radical (unpaired) electrons. The fourth-order valence-electron chi connectivity index (χ4n) is 5.29. The summed E-state index contributed by atoms with van der Waals surface area (Å²) in [5.41, 5.74) is 4.78. The molecule has 9 heteroatoms. The summed E-state index contributed by atoms with van der Waals surface area (Å²) >= 11 is 3.53. The molecule has 0 amide bonds. The molecule has 1 aromatic heterocycles. The van der Waals surface area contributed by atoms with Crippen LogP contribution in [0.1, 0.15) is 30.3 Å². The molecular weight excluding hydrogens is 571 g/mol. The summed E-state index contributed by atoms with van der Waals surface area (Å²) in [5.74, 6) is -0.259. The molecule has 3 aromatic carbocycles. The summed E-state index contributed by atoms with van der Waals surface area (Å²) in [6.45, 7) is 6.84. The number of thiazole rings is 1. The zero-order valence-electron chi connectivity index (χ0n) is 24.4. The van der Waals surface area contributed by atoms with E-state index >= 15 is 0 Å². The monoisotopic (exact) mass is 609 g/mol. The molecule has 0 bridgehead atoms. The summed E-state index contributed by atoms with van der Waals surface area (Å²) in [5, 5.41) is 4.58. The maximum absolute atomic E-state index is 11.5. The number of hydrogen-bond donors (Lipinski definition) is 1. The van der Waals surface area contributed by atoms with Crippen LogP contribution in [-0.4, -0.2) is 57.4 Å². The Kier molecular flexibility index (Phi) is 8.64. The molecule has 0 saturated heterocycles. The Hall–Kier alpha value is -2.69.